The number of benzene rings is 2. The zero-order chi connectivity index (χ0) is 32.7. The van der Waals surface area contributed by atoms with Crippen molar-refractivity contribution in [1.29, 1.82) is 0 Å². The highest BCUT2D eigenvalue weighted by Gasteiger charge is 2.27. The Labute approximate surface area is 266 Å². The lowest BCUT2D eigenvalue weighted by atomic mass is 10.0. The van der Waals surface area contributed by atoms with Crippen molar-refractivity contribution in [3.8, 4) is 27.9 Å². The lowest BCUT2D eigenvalue weighted by molar-refractivity contribution is -0.615. The highest BCUT2D eigenvalue weighted by Crippen LogP contribution is 2.34. The van der Waals surface area contributed by atoms with E-state index < -0.39 is 30.1 Å². The zero-order valence-corrected chi connectivity index (χ0v) is 24.6. The molecule has 0 bridgehead atoms. The molecule has 6 aromatic rings. The first-order valence-electron chi connectivity index (χ1n) is 13.3. The molecule has 1 amide bonds. The minimum absolute atomic E-state index is 0.0535. The van der Waals surface area contributed by atoms with Gasteiger partial charge in [0.15, 0.2) is 17.2 Å². The van der Waals surface area contributed by atoms with E-state index in [9.17, 15) is 23.2 Å². The molecule has 0 unspecified atom stereocenters. The van der Waals surface area contributed by atoms with Crippen molar-refractivity contribution in [2.24, 2.45) is 5.73 Å². The van der Waals surface area contributed by atoms with Crippen molar-refractivity contribution in [1.82, 2.24) is 34.6 Å². The van der Waals surface area contributed by atoms with E-state index in [1.807, 2.05) is 0 Å². The summed E-state index contributed by atoms with van der Waals surface area (Å²) in [5, 5.41) is 29.3. The average Bonchev–Trinajstić information content (AvgIpc) is 3.79. The summed E-state index contributed by atoms with van der Waals surface area (Å²) in [7, 11) is 0. The molecular formula is C29H19Cl2F4N9O2. The maximum Gasteiger partial charge on any atom is 0.333 e. The van der Waals surface area contributed by atoms with Crippen LogP contribution in [0.4, 0.5) is 17.6 Å². The molecule has 0 saturated heterocycles. The number of primary amides is 1. The summed E-state index contributed by atoms with van der Waals surface area (Å²) in [6.45, 7) is -2.88. The summed E-state index contributed by atoms with van der Waals surface area (Å²) < 4.78 is 60.0. The van der Waals surface area contributed by atoms with Crippen molar-refractivity contribution >= 4 is 29.1 Å². The summed E-state index contributed by atoms with van der Waals surface area (Å²) in [6, 6.07) is 10.00. The molecule has 6 rings (SSSR count). The highest BCUT2D eigenvalue weighted by atomic mass is 35.5. The van der Waals surface area contributed by atoms with Crippen molar-refractivity contribution in [2.45, 2.75) is 19.0 Å². The average molecular weight is 672 g/mol. The van der Waals surface area contributed by atoms with Gasteiger partial charge >= 0.3 is 6.55 Å². The van der Waals surface area contributed by atoms with Crippen LogP contribution >= 0.6 is 23.2 Å². The second kappa shape index (κ2) is 12.3. The van der Waals surface area contributed by atoms with Gasteiger partial charge in [0.2, 0.25) is 5.69 Å². The number of hydrogen-bond donors (Lipinski definition) is 1. The number of hydrogen-bond acceptors (Lipinski definition) is 6. The Balaban J connectivity index is 1.43. The number of carbonyl (C=O) groups is 1. The van der Waals surface area contributed by atoms with Gasteiger partial charge in [-0.3, -0.25) is 9.48 Å². The van der Waals surface area contributed by atoms with Gasteiger partial charge in [-0.1, -0.05) is 34.5 Å². The second-order valence-corrected chi connectivity index (χ2v) is 10.8. The van der Waals surface area contributed by atoms with Crippen molar-refractivity contribution in [3.05, 3.63) is 123 Å². The molecule has 0 aliphatic carbocycles. The molecule has 4 heterocycles. The first kappa shape index (κ1) is 30.7. The predicted molar refractivity (Wildman–Crippen MR) is 157 cm³/mol. The molecular weight excluding hydrogens is 653 g/mol. The van der Waals surface area contributed by atoms with Crippen molar-refractivity contribution in [2.75, 3.05) is 0 Å². The van der Waals surface area contributed by atoms with Gasteiger partial charge in [-0.2, -0.15) is 23.7 Å². The SMILES string of the molecule is NC(=O)c1ccc(-c2cnn([C@H](Cc3ccn(C(F)F)n3)c3ccc(-c4c(-n5cc(Cl)nn5)ccc(Cl)c4F)c[n+]3[O-])c2)cc1F. The van der Waals surface area contributed by atoms with Crippen LogP contribution in [-0.2, 0) is 6.42 Å². The fraction of sp³-hybridized carbons (Fsp3) is 0.103. The van der Waals surface area contributed by atoms with E-state index in [-0.39, 0.29) is 50.4 Å². The molecule has 2 aromatic carbocycles. The van der Waals surface area contributed by atoms with Crippen molar-refractivity contribution in [3.63, 3.8) is 0 Å². The lowest BCUT2D eigenvalue weighted by Gasteiger charge is -2.18. The number of rotatable bonds is 9. The number of nitrogens with two attached hydrogens (primary N) is 1. The molecule has 2 N–H and O–H groups in total. The summed E-state index contributed by atoms with van der Waals surface area (Å²) in [5.41, 5.74) is 6.28. The van der Waals surface area contributed by atoms with Gasteiger partial charge in [-0.25, -0.2) is 18.1 Å². The first-order valence-corrected chi connectivity index (χ1v) is 14.0. The Bertz CT molecular complexity index is 2100. The monoisotopic (exact) mass is 671 g/mol. The van der Waals surface area contributed by atoms with Gasteiger partial charge in [0, 0.05) is 30.4 Å². The third kappa shape index (κ3) is 5.89. The standard InChI is InChI=1S/C29H19Cl2F4N9O2/c30-20-4-6-23(43-14-25(31)38-40-43)26(27(20)33)16-2-5-22(44(46)13-16)24(10-18-7-8-41(39-18)29(34)35)42-12-17(11-37-42)15-1-3-19(28(36)45)21(32)9-15/h1-9,11-14,24,29H,10H2,(H2,36,45)/t24-/m1/s1. The lowest BCUT2D eigenvalue weighted by Crippen LogP contribution is -2.36. The third-order valence-electron chi connectivity index (χ3n) is 7.11. The molecule has 0 fully saturated rings. The first-order chi connectivity index (χ1) is 22.0. The maximum absolute atomic E-state index is 15.4. The molecule has 17 heteroatoms. The Hall–Kier alpha value is -5.28. The molecule has 0 radical (unpaired) electrons. The summed E-state index contributed by atoms with van der Waals surface area (Å²) >= 11 is 12.0. The Kier molecular flexibility index (Phi) is 8.19. The summed E-state index contributed by atoms with van der Waals surface area (Å²) in [4.78, 5) is 11.5. The van der Waals surface area contributed by atoms with Crippen LogP contribution in [0.25, 0.3) is 27.9 Å². The van der Waals surface area contributed by atoms with E-state index in [1.165, 1.54) is 70.4 Å². The molecule has 0 aliphatic rings. The van der Waals surface area contributed by atoms with E-state index in [2.05, 4.69) is 20.5 Å². The largest absolute Gasteiger partial charge is 0.618 e. The fourth-order valence-electron chi connectivity index (χ4n) is 4.94. The van der Waals surface area contributed by atoms with Crippen LogP contribution < -0.4 is 10.5 Å². The van der Waals surface area contributed by atoms with Crippen LogP contribution in [0.2, 0.25) is 10.2 Å². The maximum atomic E-state index is 15.4. The number of amides is 1. The number of aromatic nitrogens is 8. The molecule has 0 saturated carbocycles. The quantitative estimate of drug-likeness (QED) is 0.122. The fourth-order valence-corrected chi connectivity index (χ4v) is 5.23. The zero-order valence-electron chi connectivity index (χ0n) is 23.1. The predicted octanol–water partition coefficient (Wildman–Crippen LogP) is 5.54. The molecule has 46 heavy (non-hydrogen) atoms. The van der Waals surface area contributed by atoms with Crippen LogP contribution in [0.1, 0.15) is 34.3 Å². The number of alkyl halides is 2. The number of nitrogens with zero attached hydrogens (tertiary/aromatic N) is 8. The topological polar surface area (TPSA) is 136 Å². The van der Waals surface area contributed by atoms with Crippen LogP contribution in [0.15, 0.2) is 79.5 Å². The molecule has 234 valence electrons. The van der Waals surface area contributed by atoms with Crippen LogP contribution in [0, 0.1) is 16.8 Å². The van der Waals surface area contributed by atoms with Gasteiger partial charge < -0.3 is 10.9 Å². The third-order valence-corrected chi connectivity index (χ3v) is 7.58. The van der Waals surface area contributed by atoms with Crippen LogP contribution in [-0.4, -0.2) is 40.5 Å². The molecule has 11 nitrogen and oxygen atoms in total. The minimum atomic E-state index is -2.88. The highest BCUT2D eigenvalue weighted by molar-refractivity contribution is 6.31. The second-order valence-electron chi connectivity index (χ2n) is 9.96. The minimum Gasteiger partial charge on any atom is -0.618 e. The van der Waals surface area contributed by atoms with Gasteiger partial charge in [-0.05, 0) is 42.0 Å². The Morgan fingerprint density at radius 1 is 1.00 bits per heavy atom. The Morgan fingerprint density at radius 2 is 1.78 bits per heavy atom. The van der Waals surface area contributed by atoms with E-state index in [0.717, 1.165) is 18.5 Å². The van der Waals surface area contributed by atoms with E-state index in [4.69, 9.17) is 28.9 Å². The summed E-state index contributed by atoms with van der Waals surface area (Å²) in [5.74, 6) is -2.58. The van der Waals surface area contributed by atoms with Gasteiger partial charge in [0.25, 0.3) is 5.91 Å². The molecule has 4 aromatic heterocycles. The van der Waals surface area contributed by atoms with Gasteiger partial charge in [0.05, 0.1) is 45.5 Å². The number of carbonyl (C=O) groups excluding carboxylic acids is 1. The van der Waals surface area contributed by atoms with Crippen LogP contribution in [0.5, 0.6) is 0 Å². The van der Waals surface area contributed by atoms with E-state index in [1.54, 1.807) is 0 Å². The van der Waals surface area contributed by atoms with E-state index >= 15 is 4.39 Å². The number of halogens is 6. The summed E-state index contributed by atoms with van der Waals surface area (Å²) in [6.07, 6.45) is 6.44. The van der Waals surface area contributed by atoms with E-state index in [0.29, 0.717) is 20.5 Å². The smallest absolute Gasteiger partial charge is 0.333 e. The molecule has 1 atom stereocenters. The van der Waals surface area contributed by atoms with Crippen LogP contribution in [0.3, 0.4) is 0 Å². The Morgan fingerprint density at radius 3 is 2.43 bits per heavy atom. The van der Waals surface area contributed by atoms with Crippen molar-refractivity contribution < 1.29 is 27.1 Å². The molecule has 0 aliphatic heterocycles. The van der Waals surface area contributed by atoms with Gasteiger partial charge in [0.1, 0.15) is 11.9 Å². The van der Waals surface area contributed by atoms with Gasteiger partial charge in [-0.15, -0.1) is 5.10 Å². The number of pyridine rings is 1. The molecule has 0 spiro atoms. The normalized spacial score (nSPS) is 12.2.